The van der Waals surface area contributed by atoms with Crippen molar-refractivity contribution in [1.82, 2.24) is 4.90 Å². The van der Waals surface area contributed by atoms with Gasteiger partial charge in [0.15, 0.2) is 0 Å². The summed E-state index contributed by atoms with van der Waals surface area (Å²) >= 11 is 0. The Kier molecular flexibility index (Phi) is 5.16. The first-order valence-electron chi connectivity index (χ1n) is 6.99. The molecule has 0 aromatic heterocycles. The van der Waals surface area contributed by atoms with E-state index in [2.05, 4.69) is 10.1 Å². The molecule has 0 saturated carbocycles. The van der Waals surface area contributed by atoms with Crippen LogP contribution >= 0.6 is 0 Å². The minimum atomic E-state index is -0.460. The summed E-state index contributed by atoms with van der Waals surface area (Å²) < 4.78 is 4.57. The Morgan fingerprint density at radius 3 is 2.90 bits per heavy atom. The highest BCUT2D eigenvalue weighted by atomic mass is 16.5. The van der Waals surface area contributed by atoms with E-state index in [1.807, 2.05) is 0 Å². The number of β-amino-alcohol motifs (C(OH)–C–C–N with tert-alkyl or cyclic N) is 1. The molecule has 0 aliphatic carbocycles. The van der Waals surface area contributed by atoms with E-state index in [9.17, 15) is 14.7 Å². The highest BCUT2D eigenvalue weighted by molar-refractivity contribution is 6.00. The molecule has 1 aromatic rings. The molecule has 1 saturated heterocycles. The van der Waals surface area contributed by atoms with E-state index in [1.165, 1.54) is 7.11 Å². The van der Waals surface area contributed by atoms with Gasteiger partial charge in [-0.2, -0.15) is 0 Å². The van der Waals surface area contributed by atoms with Crippen molar-refractivity contribution in [2.45, 2.75) is 18.9 Å². The summed E-state index contributed by atoms with van der Waals surface area (Å²) in [5.74, 6) is -0.535. The van der Waals surface area contributed by atoms with Crippen LogP contribution < -0.4 is 5.32 Å². The van der Waals surface area contributed by atoms with Gasteiger partial charge in [-0.1, -0.05) is 12.1 Å². The molecular formula is C15H20N2O4. The first-order valence-corrected chi connectivity index (χ1v) is 6.99. The van der Waals surface area contributed by atoms with Crippen LogP contribution in [0.5, 0.6) is 0 Å². The van der Waals surface area contributed by atoms with Gasteiger partial charge >= 0.3 is 5.97 Å². The minimum Gasteiger partial charge on any atom is -0.468 e. The fourth-order valence-corrected chi connectivity index (χ4v) is 2.37. The Hall–Kier alpha value is -2.08. The first kappa shape index (κ1) is 15.3. The van der Waals surface area contributed by atoms with Crippen molar-refractivity contribution in [2.24, 2.45) is 0 Å². The Labute approximate surface area is 123 Å². The number of aliphatic hydroxyl groups excluding tert-OH is 1. The zero-order valence-electron chi connectivity index (χ0n) is 12.0. The number of carbonyl (C=O) groups is 2. The Bertz CT molecular complexity index is 518. The number of anilines is 1. The smallest absolute Gasteiger partial charge is 0.325 e. The van der Waals surface area contributed by atoms with Crippen LogP contribution in [0.15, 0.2) is 24.3 Å². The maximum Gasteiger partial charge on any atom is 0.325 e. The molecule has 2 N–H and O–H groups in total. The average Bonchev–Trinajstić information content (AvgIpc) is 2.52. The molecule has 0 spiro atoms. The Morgan fingerprint density at radius 2 is 2.19 bits per heavy atom. The van der Waals surface area contributed by atoms with Gasteiger partial charge in [0.2, 0.25) is 0 Å². The normalized spacial score (nSPS) is 18.2. The molecule has 2 rings (SSSR count). The number of nitrogens with zero attached hydrogens (tertiary/aromatic N) is 1. The van der Waals surface area contributed by atoms with Crippen molar-refractivity contribution in [3.8, 4) is 0 Å². The SMILES string of the molecule is COC(=O)CNc1ccccc1C(=O)N1CCC[C@@H](O)C1. The molecule has 1 aliphatic heterocycles. The summed E-state index contributed by atoms with van der Waals surface area (Å²) in [6.07, 6.45) is 1.06. The van der Waals surface area contributed by atoms with Crippen molar-refractivity contribution < 1.29 is 19.4 Å². The third kappa shape index (κ3) is 3.95. The second kappa shape index (κ2) is 7.08. The van der Waals surface area contributed by atoms with Crippen molar-refractivity contribution in [3.63, 3.8) is 0 Å². The second-order valence-electron chi connectivity index (χ2n) is 5.02. The van der Waals surface area contributed by atoms with E-state index in [4.69, 9.17) is 0 Å². The molecule has 21 heavy (non-hydrogen) atoms. The molecular weight excluding hydrogens is 272 g/mol. The fourth-order valence-electron chi connectivity index (χ4n) is 2.37. The molecule has 114 valence electrons. The van der Waals surface area contributed by atoms with Crippen LogP contribution in [0.1, 0.15) is 23.2 Å². The predicted octanol–water partition coefficient (Wildman–Crippen LogP) is 0.868. The zero-order chi connectivity index (χ0) is 15.2. The first-order chi connectivity index (χ1) is 10.1. The van der Waals surface area contributed by atoms with Gasteiger partial charge in [0.25, 0.3) is 5.91 Å². The van der Waals surface area contributed by atoms with Gasteiger partial charge in [0, 0.05) is 18.8 Å². The monoisotopic (exact) mass is 292 g/mol. The highest BCUT2D eigenvalue weighted by Gasteiger charge is 2.24. The predicted molar refractivity (Wildman–Crippen MR) is 78.1 cm³/mol. The third-order valence-electron chi connectivity index (χ3n) is 3.49. The number of nitrogens with one attached hydrogen (secondary N) is 1. The summed E-state index contributed by atoms with van der Waals surface area (Å²) in [7, 11) is 1.32. The van der Waals surface area contributed by atoms with Crippen LogP contribution in [0, 0.1) is 0 Å². The van der Waals surface area contributed by atoms with Crippen molar-refractivity contribution >= 4 is 17.6 Å². The van der Waals surface area contributed by atoms with E-state index in [1.54, 1.807) is 29.2 Å². The quantitative estimate of drug-likeness (QED) is 0.805. The van der Waals surface area contributed by atoms with Gasteiger partial charge in [-0.3, -0.25) is 9.59 Å². The molecule has 0 bridgehead atoms. The molecule has 1 aromatic carbocycles. The van der Waals surface area contributed by atoms with Gasteiger partial charge in [0.05, 0.1) is 18.8 Å². The van der Waals surface area contributed by atoms with E-state index in [-0.39, 0.29) is 12.5 Å². The number of aliphatic hydroxyl groups is 1. The number of benzene rings is 1. The lowest BCUT2D eigenvalue weighted by molar-refractivity contribution is -0.138. The van der Waals surface area contributed by atoms with Crippen LogP contribution in [0.25, 0.3) is 0 Å². The molecule has 6 nitrogen and oxygen atoms in total. The van der Waals surface area contributed by atoms with E-state index < -0.39 is 12.1 Å². The number of methoxy groups -OCH3 is 1. The number of esters is 1. The van der Waals surface area contributed by atoms with Crippen LogP contribution in [0.3, 0.4) is 0 Å². The molecule has 0 unspecified atom stereocenters. The van der Waals surface area contributed by atoms with Crippen LogP contribution in [0.4, 0.5) is 5.69 Å². The Balaban J connectivity index is 2.11. The van der Waals surface area contributed by atoms with Crippen LogP contribution in [-0.4, -0.2) is 54.7 Å². The summed E-state index contributed by atoms with van der Waals surface area (Å²) in [5.41, 5.74) is 1.09. The summed E-state index contributed by atoms with van der Waals surface area (Å²) in [6, 6.07) is 7.03. The number of hydrogen-bond acceptors (Lipinski definition) is 5. The lowest BCUT2D eigenvalue weighted by atomic mass is 10.1. The third-order valence-corrected chi connectivity index (χ3v) is 3.49. The number of hydrogen-bond donors (Lipinski definition) is 2. The molecule has 1 fully saturated rings. The maximum absolute atomic E-state index is 12.5. The largest absolute Gasteiger partial charge is 0.468 e. The van der Waals surface area contributed by atoms with E-state index in [0.29, 0.717) is 24.3 Å². The number of ether oxygens (including phenoxy) is 1. The van der Waals surface area contributed by atoms with Crippen molar-refractivity contribution in [2.75, 3.05) is 32.1 Å². The molecule has 6 heteroatoms. The second-order valence-corrected chi connectivity index (χ2v) is 5.02. The van der Waals surface area contributed by atoms with Gasteiger partial charge < -0.3 is 20.1 Å². The van der Waals surface area contributed by atoms with Gasteiger partial charge in [-0.05, 0) is 25.0 Å². The standard InChI is InChI=1S/C15H20N2O4/c1-21-14(19)9-16-13-7-3-2-6-12(13)15(20)17-8-4-5-11(18)10-17/h2-3,6-7,11,16,18H,4-5,8-10H2,1H3/t11-/m1/s1. The number of rotatable bonds is 4. The molecule has 1 amide bonds. The number of likely N-dealkylation sites (tertiary alicyclic amines) is 1. The molecule has 1 aliphatic rings. The van der Waals surface area contributed by atoms with Gasteiger partial charge in [0.1, 0.15) is 6.54 Å². The highest BCUT2D eigenvalue weighted by Crippen LogP contribution is 2.20. The molecule has 1 heterocycles. The summed E-state index contributed by atoms with van der Waals surface area (Å²) in [5, 5.41) is 12.6. The average molecular weight is 292 g/mol. The summed E-state index contributed by atoms with van der Waals surface area (Å²) in [6.45, 7) is 0.995. The summed E-state index contributed by atoms with van der Waals surface area (Å²) in [4.78, 5) is 25.4. The fraction of sp³-hybridized carbons (Fsp3) is 0.467. The van der Waals surface area contributed by atoms with Crippen LogP contribution in [-0.2, 0) is 9.53 Å². The van der Waals surface area contributed by atoms with Crippen molar-refractivity contribution in [1.29, 1.82) is 0 Å². The molecule has 1 atom stereocenters. The van der Waals surface area contributed by atoms with Gasteiger partial charge in [-0.25, -0.2) is 0 Å². The van der Waals surface area contributed by atoms with E-state index >= 15 is 0 Å². The number of amides is 1. The minimum absolute atomic E-state index is 0.00339. The van der Waals surface area contributed by atoms with Crippen LogP contribution in [0.2, 0.25) is 0 Å². The Morgan fingerprint density at radius 1 is 1.43 bits per heavy atom. The lowest BCUT2D eigenvalue weighted by Crippen LogP contribution is -2.42. The van der Waals surface area contributed by atoms with Gasteiger partial charge in [-0.15, -0.1) is 0 Å². The zero-order valence-corrected chi connectivity index (χ0v) is 12.0. The topological polar surface area (TPSA) is 78.9 Å². The van der Waals surface area contributed by atoms with E-state index in [0.717, 1.165) is 12.8 Å². The lowest BCUT2D eigenvalue weighted by Gasteiger charge is -2.30. The maximum atomic E-state index is 12.5. The number of para-hydroxylation sites is 1. The molecule has 0 radical (unpaired) electrons. The number of piperidine rings is 1. The van der Waals surface area contributed by atoms with Crippen molar-refractivity contribution in [3.05, 3.63) is 29.8 Å². The number of carbonyl (C=O) groups excluding carboxylic acids is 2.